The minimum Gasteiger partial charge on any atom is -0.398 e. The van der Waals surface area contributed by atoms with Crippen LogP contribution in [-0.4, -0.2) is 19.4 Å². The highest BCUT2D eigenvalue weighted by molar-refractivity contribution is 7.89. The van der Waals surface area contributed by atoms with Gasteiger partial charge in [-0.2, -0.15) is 0 Å². The lowest BCUT2D eigenvalue weighted by Crippen LogP contribution is -2.36. The number of anilines is 1. The third-order valence-corrected chi connectivity index (χ3v) is 4.45. The highest BCUT2D eigenvalue weighted by atomic mass is 32.2. The number of benzene rings is 1. The molecule has 1 unspecified atom stereocenters. The van der Waals surface area contributed by atoms with Gasteiger partial charge in [0.1, 0.15) is 4.90 Å². The Hall–Kier alpha value is -1.67. The van der Waals surface area contributed by atoms with Crippen LogP contribution in [0.1, 0.15) is 20.8 Å². The predicted molar refractivity (Wildman–Crippen MR) is 72.1 cm³/mol. The lowest BCUT2D eigenvalue weighted by Gasteiger charge is -2.18. The molecular formula is C11H17N3O4S. The standard InChI is InChI=1S/C11H17N3O4S/c1-7(2)8(3)13-19(17,18)11-6-9(14(15)16)4-5-10(11)12/h4-8,13H,12H2,1-3H3. The molecule has 0 fully saturated rings. The first-order valence-corrected chi connectivity index (χ1v) is 7.19. The Labute approximate surface area is 112 Å². The Bertz CT molecular complexity index is 584. The van der Waals surface area contributed by atoms with Gasteiger partial charge in [-0.05, 0) is 18.9 Å². The summed E-state index contributed by atoms with van der Waals surface area (Å²) in [6.07, 6.45) is 0. The Morgan fingerprint density at radius 1 is 1.32 bits per heavy atom. The van der Waals surface area contributed by atoms with Crippen molar-refractivity contribution in [1.82, 2.24) is 4.72 Å². The van der Waals surface area contributed by atoms with Gasteiger partial charge in [0.25, 0.3) is 5.69 Å². The first-order chi connectivity index (χ1) is 8.65. The van der Waals surface area contributed by atoms with E-state index >= 15 is 0 Å². The molecule has 0 spiro atoms. The fourth-order valence-electron chi connectivity index (χ4n) is 1.31. The van der Waals surface area contributed by atoms with E-state index in [0.717, 1.165) is 6.07 Å². The summed E-state index contributed by atoms with van der Waals surface area (Å²) in [7, 11) is -3.87. The second kappa shape index (κ2) is 5.54. The largest absolute Gasteiger partial charge is 0.398 e. The summed E-state index contributed by atoms with van der Waals surface area (Å²) in [6.45, 7) is 5.45. The maximum Gasteiger partial charge on any atom is 0.270 e. The van der Waals surface area contributed by atoms with E-state index in [9.17, 15) is 18.5 Å². The van der Waals surface area contributed by atoms with Crippen LogP contribution in [0.3, 0.4) is 0 Å². The van der Waals surface area contributed by atoms with Crippen molar-refractivity contribution in [2.45, 2.75) is 31.7 Å². The molecular weight excluding hydrogens is 270 g/mol. The number of nitrogens with zero attached hydrogens (tertiary/aromatic N) is 1. The molecule has 7 nitrogen and oxygen atoms in total. The maximum atomic E-state index is 12.1. The van der Waals surface area contributed by atoms with Crippen molar-refractivity contribution < 1.29 is 13.3 Å². The molecule has 1 rings (SSSR count). The molecule has 0 heterocycles. The van der Waals surface area contributed by atoms with Gasteiger partial charge in [-0.1, -0.05) is 13.8 Å². The van der Waals surface area contributed by atoms with Crippen LogP contribution in [-0.2, 0) is 10.0 Å². The fraction of sp³-hybridized carbons (Fsp3) is 0.455. The van der Waals surface area contributed by atoms with Gasteiger partial charge in [-0.15, -0.1) is 0 Å². The normalized spacial score (nSPS) is 13.5. The number of nitrogen functional groups attached to an aromatic ring is 1. The van der Waals surface area contributed by atoms with Gasteiger partial charge < -0.3 is 5.73 Å². The van der Waals surface area contributed by atoms with E-state index in [1.807, 2.05) is 13.8 Å². The van der Waals surface area contributed by atoms with Crippen LogP contribution in [0.5, 0.6) is 0 Å². The summed E-state index contributed by atoms with van der Waals surface area (Å²) in [5, 5.41) is 10.7. The molecule has 1 aromatic rings. The van der Waals surface area contributed by atoms with Gasteiger partial charge >= 0.3 is 0 Å². The fourth-order valence-corrected chi connectivity index (χ4v) is 2.86. The number of nitrogens with one attached hydrogen (secondary N) is 1. The molecule has 0 aliphatic carbocycles. The van der Waals surface area contributed by atoms with Crippen molar-refractivity contribution in [3.05, 3.63) is 28.3 Å². The second-order valence-corrected chi connectivity index (χ2v) is 6.32. The van der Waals surface area contributed by atoms with Crippen molar-refractivity contribution in [2.24, 2.45) is 5.92 Å². The van der Waals surface area contributed by atoms with E-state index in [2.05, 4.69) is 4.72 Å². The molecule has 0 saturated carbocycles. The molecule has 0 amide bonds. The molecule has 0 bridgehead atoms. The lowest BCUT2D eigenvalue weighted by atomic mass is 10.1. The van der Waals surface area contributed by atoms with Crippen molar-refractivity contribution in [3.8, 4) is 0 Å². The molecule has 0 radical (unpaired) electrons. The first kappa shape index (κ1) is 15.4. The molecule has 3 N–H and O–H groups in total. The third-order valence-electron chi connectivity index (χ3n) is 2.84. The van der Waals surface area contributed by atoms with Gasteiger partial charge in [0, 0.05) is 18.2 Å². The van der Waals surface area contributed by atoms with Crippen molar-refractivity contribution in [2.75, 3.05) is 5.73 Å². The number of sulfonamides is 1. The average Bonchev–Trinajstić information content (AvgIpc) is 2.28. The SMILES string of the molecule is CC(C)C(C)NS(=O)(=O)c1cc([N+](=O)[O-])ccc1N. The summed E-state index contributed by atoms with van der Waals surface area (Å²) in [5.74, 6) is 0.0923. The molecule has 0 saturated heterocycles. The summed E-state index contributed by atoms with van der Waals surface area (Å²) in [5.41, 5.74) is 5.25. The number of nitro groups is 1. The van der Waals surface area contributed by atoms with Crippen LogP contribution in [0.15, 0.2) is 23.1 Å². The first-order valence-electron chi connectivity index (χ1n) is 5.71. The smallest absolute Gasteiger partial charge is 0.270 e. The number of non-ortho nitro benzene ring substituents is 1. The zero-order valence-corrected chi connectivity index (χ0v) is 11.8. The van der Waals surface area contributed by atoms with Gasteiger partial charge in [-0.3, -0.25) is 10.1 Å². The average molecular weight is 287 g/mol. The van der Waals surface area contributed by atoms with Crippen LogP contribution in [0.4, 0.5) is 11.4 Å². The quantitative estimate of drug-likeness (QED) is 0.483. The second-order valence-electron chi connectivity index (χ2n) is 4.63. The highest BCUT2D eigenvalue weighted by Gasteiger charge is 2.23. The van der Waals surface area contributed by atoms with E-state index in [0.29, 0.717) is 0 Å². The van der Waals surface area contributed by atoms with Gasteiger partial charge in [0.05, 0.1) is 10.6 Å². The monoisotopic (exact) mass is 287 g/mol. The molecule has 0 aliphatic heterocycles. The molecule has 0 aromatic heterocycles. The van der Waals surface area contributed by atoms with Gasteiger partial charge in [0.2, 0.25) is 10.0 Å². The minimum absolute atomic E-state index is 0.0194. The Morgan fingerprint density at radius 3 is 2.37 bits per heavy atom. The Kier molecular flexibility index (Phi) is 4.48. The zero-order valence-electron chi connectivity index (χ0n) is 11.0. The van der Waals surface area contributed by atoms with Crippen LogP contribution >= 0.6 is 0 Å². The molecule has 1 atom stereocenters. The van der Waals surface area contributed by atoms with E-state index in [4.69, 9.17) is 5.73 Å². The van der Waals surface area contributed by atoms with Crippen LogP contribution in [0.25, 0.3) is 0 Å². The highest BCUT2D eigenvalue weighted by Crippen LogP contribution is 2.24. The molecule has 0 aliphatic rings. The number of rotatable bonds is 5. The van der Waals surface area contributed by atoms with Gasteiger partial charge in [-0.25, -0.2) is 13.1 Å². The number of hydrogen-bond donors (Lipinski definition) is 2. The molecule has 1 aromatic carbocycles. The summed E-state index contributed by atoms with van der Waals surface area (Å²) in [6, 6.07) is 3.04. The van der Waals surface area contributed by atoms with Crippen LogP contribution < -0.4 is 10.5 Å². The van der Waals surface area contributed by atoms with Crippen molar-refractivity contribution in [1.29, 1.82) is 0 Å². The Morgan fingerprint density at radius 2 is 1.89 bits per heavy atom. The summed E-state index contributed by atoms with van der Waals surface area (Å²) in [4.78, 5) is 9.74. The van der Waals surface area contributed by atoms with E-state index in [1.54, 1.807) is 6.92 Å². The number of nitro benzene ring substituents is 1. The zero-order chi connectivity index (χ0) is 14.8. The van der Waals surface area contributed by atoms with Crippen molar-refractivity contribution in [3.63, 3.8) is 0 Å². The van der Waals surface area contributed by atoms with Crippen LogP contribution in [0, 0.1) is 16.0 Å². The molecule has 8 heteroatoms. The minimum atomic E-state index is -3.87. The maximum absolute atomic E-state index is 12.1. The lowest BCUT2D eigenvalue weighted by molar-refractivity contribution is -0.385. The summed E-state index contributed by atoms with van der Waals surface area (Å²) < 4.78 is 26.7. The van der Waals surface area contributed by atoms with Crippen molar-refractivity contribution >= 4 is 21.4 Å². The van der Waals surface area contributed by atoms with E-state index < -0.39 is 14.9 Å². The predicted octanol–water partition coefficient (Wildman–Crippen LogP) is 1.50. The number of nitrogens with two attached hydrogens (primary N) is 1. The van der Waals surface area contributed by atoms with E-state index in [-0.39, 0.29) is 28.2 Å². The van der Waals surface area contributed by atoms with E-state index in [1.165, 1.54) is 12.1 Å². The summed E-state index contributed by atoms with van der Waals surface area (Å²) >= 11 is 0. The Balaban J connectivity index is 3.21. The number of hydrogen-bond acceptors (Lipinski definition) is 5. The van der Waals surface area contributed by atoms with Gasteiger partial charge in [0.15, 0.2) is 0 Å². The molecule has 106 valence electrons. The topological polar surface area (TPSA) is 115 Å². The third kappa shape index (κ3) is 3.65. The molecule has 19 heavy (non-hydrogen) atoms. The van der Waals surface area contributed by atoms with Crippen LogP contribution in [0.2, 0.25) is 0 Å².